The predicted molar refractivity (Wildman–Crippen MR) is 134 cm³/mol. The fourth-order valence-corrected chi connectivity index (χ4v) is 4.30. The molecular weight excluding hydrogens is 521 g/mol. The van der Waals surface area contributed by atoms with Gasteiger partial charge in [0.2, 0.25) is 11.8 Å². The Morgan fingerprint density at radius 2 is 1.91 bits per heavy atom. The molecule has 1 heterocycles. The van der Waals surface area contributed by atoms with Crippen molar-refractivity contribution in [3.63, 3.8) is 0 Å². The average Bonchev–Trinajstić information content (AvgIpc) is 3.18. The monoisotopic (exact) mass is 549 g/mol. The maximum Gasteiger partial charge on any atom is 0.245 e. The Balaban J connectivity index is 1.63. The minimum absolute atomic E-state index is 0.0548. The SMILES string of the molecule is CCOc1cc(/C=N/NC(=O)[C@H]2CC(=O)N(c3ccc(CC)cc3)C2)cc(I)c1OCC. The minimum atomic E-state index is -0.440. The van der Waals surface area contributed by atoms with E-state index in [1.54, 1.807) is 11.1 Å². The first-order valence-electron chi connectivity index (χ1n) is 10.8. The highest BCUT2D eigenvalue weighted by molar-refractivity contribution is 14.1. The molecule has 2 aromatic rings. The van der Waals surface area contributed by atoms with Crippen LogP contribution in [0.1, 0.15) is 38.3 Å². The van der Waals surface area contributed by atoms with E-state index >= 15 is 0 Å². The van der Waals surface area contributed by atoms with Crippen molar-refractivity contribution in [2.45, 2.75) is 33.6 Å². The van der Waals surface area contributed by atoms with Crippen LogP contribution in [0.3, 0.4) is 0 Å². The summed E-state index contributed by atoms with van der Waals surface area (Å²) in [5.74, 6) is 0.575. The molecule has 1 fully saturated rings. The van der Waals surface area contributed by atoms with Gasteiger partial charge >= 0.3 is 0 Å². The van der Waals surface area contributed by atoms with Gasteiger partial charge in [0.05, 0.1) is 28.9 Å². The molecule has 2 amide bonds. The zero-order chi connectivity index (χ0) is 23.1. The maximum atomic E-state index is 12.6. The van der Waals surface area contributed by atoms with Crippen LogP contribution in [-0.2, 0) is 16.0 Å². The number of ether oxygens (including phenoxy) is 2. The Bertz CT molecular complexity index is 991. The molecule has 0 aliphatic carbocycles. The first-order valence-corrected chi connectivity index (χ1v) is 11.9. The summed E-state index contributed by atoms with van der Waals surface area (Å²) < 4.78 is 12.2. The number of benzene rings is 2. The van der Waals surface area contributed by atoms with E-state index < -0.39 is 5.92 Å². The number of rotatable bonds is 9. The molecule has 0 bridgehead atoms. The standard InChI is InChI=1S/C24H28IN3O4/c1-4-16-7-9-19(10-8-16)28-15-18(13-22(28)29)24(30)27-26-14-17-11-20(25)23(32-6-3)21(12-17)31-5-2/h7-12,14,18H,4-6,13,15H2,1-3H3,(H,27,30)/b26-14+/t18-/m0/s1. The lowest BCUT2D eigenvalue weighted by Crippen LogP contribution is -2.30. The molecule has 1 N–H and O–H groups in total. The summed E-state index contributed by atoms with van der Waals surface area (Å²) in [6, 6.07) is 11.6. The molecule has 0 spiro atoms. The predicted octanol–water partition coefficient (Wildman–Crippen LogP) is 4.15. The zero-order valence-corrected chi connectivity index (χ0v) is 20.7. The van der Waals surface area contributed by atoms with Crippen LogP contribution in [0.4, 0.5) is 5.69 Å². The first-order chi connectivity index (χ1) is 15.5. The summed E-state index contributed by atoms with van der Waals surface area (Å²) in [5, 5.41) is 4.10. The number of amides is 2. The van der Waals surface area contributed by atoms with Gasteiger partial charge in [-0.2, -0.15) is 5.10 Å². The van der Waals surface area contributed by atoms with Crippen LogP contribution in [0, 0.1) is 9.49 Å². The Morgan fingerprint density at radius 1 is 1.19 bits per heavy atom. The number of aryl methyl sites for hydroxylation is 1. The topological polar surface area (TPSA) is 80.2 Å². The molecule has 0 aromatic heterocycles. The van der Waals surface area contributed by atoms with E-state index in [9.17, 15) is 9.59 Å². The van der Waals surface area contributed by atoms with Crippen molar-refractivity contribution in [2.24, 2.45) is 11.0 Å². The molecule has 3 rings (SSSR count). The van der Waals surface area contributed by atoms with Crippen LogP contribution >= 0.6 is 22.6 Å². The molecule has 2 aromatic carbocycles. The highest BCUT2D eigenvalue weighted by Gasteiger charge is 2.35. The van der Waals surface area contributed by atoms with Gasteiger partial charge in [0.25, 0.3) is 0 Å². The van der Waals surface area contributed by atoms with Crippen molar-refractivity contribution in [3.05, 3.63) is 51.1 Å². The Hall–Kier alpha value is -2.62. The molecule has 1 aliphatic rings. The quantitative estimate of drug-likeness (QED) is 0.290. The molecule has 7 nitrogen and oxygen atoms in total. The van der Waals surface area contributed by atoms with Gasteiger partial charge < -0.3 is 14.4 Å². The molecule has 32 heavy (non-hydrogen) atoms. The number of nitrogens with one attached hydrogen (secondary N) is 1. The van der Waals surface area contributed by atoms with Gasteiger partial charge in [0, 0.05) is 18.7 Å². The molecular formula is C24H28IN3O4. The van der Waals surface area contributed by atoms with Crippen molar-refractivity contribution in [3.8, 4) is 11.5 Å². The van der Waals surface area contributed by atoms with Gasteiger partial charge in [-0.05, 0) is 78.3 Å². The highest BCUT2D eigenvalue weighted by Crippen LogP contribution is 2.34. The Morgan fingerprint density at radius 3 is 2.56 bits per heavy atom. The van der Waals surface area contributed by atoms with Crippen molar-refractivity contribution in [2.75, 3.05) is 24.7 Å². The molecule has 0 unspecified atom stereocenters. The lowest BCUT2D eigenvalue weighted by Gasteiger charge is -2.16. The first kappa shape index (κ1) is 24.0. The van der Waals surface area contributed by atoms with E-state index in [4.69, 9.17) is 9.47 Å². The van der Waals surface area contributed by atoms with E-state index in [0.717, 1.165) is 21.2 Å². The lowest BCUT2D eigenvalue weighted by atomic mass is 10.1. The number of hydrogen-bond donors (Lipinski definition) is 1. The second-order valence-electron chi connectivity index (χ2n) is 7.36. The summed E-state index contributed by atoms with van der Waals surface area (Å²) in [7, 11) is 0. The van der Waals surface area contributed by atoms with Crippen molar-refractivity contribution < 1.29 is 19.1 Å². The number of hydrogen-bond acceptors (Lipinski definition) is 5. The van der Waals surface area contributed by atoms with Crippen LogP contribution in [0.15, 0.2) is 41.5 Å². The Labute approximate surface area is 202 Å². The van der Waals surface area contributed by atoms with E-state index in [-0.39, 0.29) is 18.2 Å². The summed E-state index contributed by atoms with van der Waals surface area (Å²) in [6.07, 6.45) is 2.68. The van der Waals surface area contributed by atoms with Gasteiger partial charge in [-0.25, -0.2) is 5.43 Å². The van der Waals surface area contributed by atoms with Gasteiger partial charge in [-0.3, -0.25) is 9.59 Å². The lowest BCUT2D eigenvalue weighted by molar-refractivity contribution is -0.126. The van der Waals surface area contributed by atoms with E-state index in [2.05, 4.69) is 40.0 Å². The number of carbonyl (C=O) groups is 2. The van der Waals surface area contributed by atoms with Crippen LogP contribution in [0.25, 0.3) is 0 Å². The number of halogens is 1. The summed E-state index contributed by atoms with van der Waals surface area (Å²) in [4.78, 5) is 26.7. The van der Waals surface area contributed by atoms with Crippen LogP contribution < -0.4 is 19.8 Å². The van der Waals surface area contributed by atoms with Crippen LogP contribution in [0.5, 0.6) is 11.5 Å². The fourth-order valence-electron chi connectivity index (χ4n) is 3.52. The van der Waals surface area contributed by atoms with Gasteiger partial charge in [-0.15, -0.1) is 0 Å². The third-order valence-electron chi connectivity index (χ3n) is 5.16. The summed E-state index contributed by atoms with van der Waals surface area (Å²) in [5.41, 5.74) is 5.38. The van der Waals surface area contributed by atoms with Crippen LogP contribution in [-0.4, -0.2) is 37.8 Å². The van der Waals surface area contributed by atoms with Gasteiger partial charge in [0.15, 0.2) is 11.5 Å². The van der Waals surface area contributed by atoms with Crippen molar-refractivity contribution >= 4 is 46.3 Å². The van der Waals surface area contributed by atoms with E-state index in [1.165, 1.54) is 5.56 Å². The smallest absolute Gasteiger partial charge is 0.245 e. The minimum Gasteiger partial charge on any atom is -0.490 e. The number of hydrazone groups is 1. The average molecular weight is 549 g/mol. The summed E-state index contributed by atoms with van der Waals surface area (Å²) in [6.45, 7) is 7.32. The highest BCUT2D eigenvalue weighted by atomic mass is 127. The van der Waals surface area contributed by atoms with Crippen LogP contribution in [0.2, 0.25) is 0 Å². The van der Waals surface area contributed by atoms with Crippen molar-refractivity contribution in [1.29, 1.82) is 0 Å². The molecule has 1 atom stereocenters. The fraction of sp³-hybridized carbons (Fsp3) is 0.375. The maximum absolute atomic E-state index is 12.6. The summed E-state index contributed by atoms with van der Waals surface area (Å²) >= 11 is 2.19. The number of nitrogens with zero attached hydrogens (tertiary/aromatic N) is 2. The largest absolute Gasteiger partial charge is 0.490 e. The zero-order valence-electron chi connectivity index (χ0n) is 18.6. The second kappa shape index (κ2) is 11.3. The van der Waals surface area contributed by atoms with Gasteiger partial charge in [0.1, 0.15) is 0 Å². The molecule has 0 radical (unpaired) electrons. The Kier molecular flexibility index (Phi) is 8.49. The molecule has 8 heteroatoms. The number of anilines is 1. The molecule has 1 saturated heterocycles. The molecule has 170 valence electrons. The second-order valence-corrected chi connectivity index (χ2v) is 8.52. The van der Waals surface area contributed by atoms with Gasteiger partial charge in [-0.1, -0.05) is 19.1 Å². The normalized spacial score (nSPS) is 15.9. The van der Waals surface area contributed by atoms with Crippen molar-refractivity contribution in [1.82, 2.24) is 5.43 Å². The van der Waals surface area contributed by atoms with E-state index in [0.29, 0.717) is 31.3 Å². The molecule has 1 aliphatic heterocycles. The molecule has 0 saturated carbocycles. The number of carbonyl (C=O) groups excluding carboxylic acids is 2. The third kappa shape index (κ3) is 5.79. The van der Waals surface area contributed by atoms with E-state index in [1.807, 2.05) is 50.2 Å². The third-order valence-corrected chi connectivity index (χ3v) is 5.96.